The van der Waals surface area contributed by atoms with E-state index in [0.29, 0.717) is 39.6 Å². The third kappa shape index (κ3) is 22.9. The lowest BCUT2D eigenvalue weighted by Crippen LogP contribution is -2.61. The number of carbonyl (C=O) groups excluding carboxylic acids is 11. The molecule has 31 nitrogen and oxygen atoms in total. The summed E-state index contributed by atoms with van der Waals surface area (Å²) in [6, 6.07) is 15.6. The Labute approximate surface area is 599 Å². The van der Waals surface area contributed by atoms with Crippen molar-refractivity contribution >= 4 is 98.6 Å². The number of phenols is 1. The van der Waals surface area contributed by atoms with Gasteiger partial charge in [-0.05, 0) is 121 Å². The van der Waals surface area contributed by atoms with E-state index in [4.69, 9.17) is 34.4 Å². The summed E-state index contributed by atoms with van der Waals surface area (Å²) in [6.07, 6.45) is 0.0303. The Kier molecular flexibility index (Phi) is 28.0. The largest absolute Gasteiger partial charge is 0.508 e. The topological polar surface area (TPSA) is 516 Å². The number of nitrogens with zero attached hydrogens (tertiary/aromatic N) is 3. The Morgan fingerprint density at radius 3 is 1.89 bits per heavy atom. The Morgan fingerprint density at radius 2 is 1.21 bits per heavy atom. The quantitative estimate of drug-likeness (QED) is 0.0182. The van der Waals surface area contributed by atoms with Gasteiger partial charge < -0.3 is 97.2 Å². The SMILES string of the molecule is CC(C)C[C@@H]1NC(=O)[C@@H](CCCN=C(N)N)NC(=O)[C@H](Cc2ccc(O)cc2)NC(=O)[C@@H](NC(=O)[C@@H](Cc2c[nH]c3ccccc23)NC(=O)[C@@H](Cc2ccc(F)cc2)NC(=O)[C@H](N)Cc2ccc3ccccc3c2)CC(=O)NC[C@@H](C(N)=O)NC(=O)[C@@H]2CCCN2C(=O)[C@H](CCCN=C(N)N)NC1=O. The van der Waals surface area contributed by atoms with E-state index in [0.717, 1.165) is 22.9 Å². The van der Waals surface area contributed by atoms with Crippen molar-refractivity contribution in [3.05, 3.63) is 150 Å². The predicted octanol–water partition coefficient (Wildman–Crippen LogP) is -1.21. The zero-order chi connectivity index (χ0) is 75.1. The molecule has 2 fully saturated rings. The number of primary amides is 1. The molecule has 104 heavy (non-hydrogen) atoms. The zero-order valence-electron chi connectivity index (χ0n) is 57.8. The van der Waals surface area contributed by atoms with Gasteiger partial charge in [-0.15, -0.1) is 0 Å². The van der Waals surface area contributed by atoms with E-state index >= 15 is 19.2 Å². The van der Waals surface area contributed by atoms with Crippen LogP contribution in [0.4, 0.5) is 4.39 Å². The van der Waals surface area contributed by atoms with Gasteiger partial charge in [0, 0.05) is 62.5 Å². The lowest BCUT2D eigenvalue weighted by Gasteiger charge is -2.31. The van der Waals surface area contributed by atoms with Crippen LogP contribution in [0.3, 0.4) is 0 Å². The van der Waals surface area contributed by atoms with Gasteiger partial charge in [0.25, 0.3) is 0 Å². The first kappa shape index (κ1) is 78.0. The van der Waals surface area contributed by atoms with Crippen LogP contribution in [0.25, 0.3) is 21.7 Å². The molecule has 10 atom stereocenters. The van der Waals surface area contributed by atoms with Gasteiger partial charge >= 0.3 is 0 Å². The van der Waals surface area contributed by atoms with Crippen LogP contribution in [-0.2, 0) is 78.4 Å². The van der Waals surface area contributed by atoms with Gasteiger partial charge in [0.2, 0.25) is 65.0 Å². The van der Waals surface area contributed by atoms with E-state index < -0.39 is 144 Å². The van der Waals surface area contributed by atoms with Crippen molar-refractivity contribution in [1.82, 2.24) is 57.7 Å². The van der Waals surface area contributed by atoms with E-state index in [9.17, 15) is 43.1 Å². The number of hydrogen-bond acceptors (Lipinski definition) is 15. The molecular formula is C72H92FN19O12. The first-order valence-corrected chi connectivity index (χ1v) is 34.4. The molecule has 0 unspecified atom stereocenters. The molecule has 0 aliphatic carbocycles. The maximum atomic E-state index is 15.5. The summed E-state index contributed by atoms with van der Waals surface area (Å²) in [7, 11) is 0. The summed E-state index contributed by atoms with van der Waals surface area (Å²) in [5, 5.41) is 36.7. The number of phenolic OH excluding ortho intramolecular Hbond substituents is 1. The summed E-state index contributed by atoms with van der Waals surface area (Å²) in [5.41, 5.74) is 37.4. The van der Waals surface area contributed by atoms with Crippen molar-refractivity contribution < 1.29 is 62.2 Å². The van der Waals surface area contributed by atoms with Crippen molar-refractivity contribution in [2.45, 2.75) is 151 Å². The van der Waals surface area contributed by atoms with Gasteiger partial charge in [0.15, 0.2) is 11.9 Å². The number of amides is 11. The number of benzene rings is 5. The molecule has 2 aliphatic heterocycles. The third-order valence-corrected chi connectivity index (χ3v) is 17.8. The molecule has 0 radical (unpaired) electrons. The second kappa shape index (κ2) is 37.3. The molecule has 6 aromatic rings. The van der Waals surface area contributed by atoms with Gasteiger partial charge in [-0.2, -0.15) is 0 Å². The third-order valence-electron chi connectivity index (χ3n) is 17.8. The van der Waals surface area contributed by atoms with Crippen LogP contribution in [0, 0.1) is 11.7 Å². The molecule has 0 bridgehead atoms. The highest BCUT2D eigenvalue weighted by molar-refractivity contribution is 6.01. The average molecular weight is 1430 g/mol. The zero-order valence-corrected chi connectivity index (χ0v) is 57.8. The molecule has 11 amide bonds. The summed E-state index contributed by atoms with van der Waals surface area (Å²) in [6.45, 7) is 2.85. The number of aromatic amines is 1. The van der Waals surface area contributed by atoms with Crippen molar-refractivity contribution in [2.24, 2.45) is 50.3 Å². The maximum Gasteiger partial charge on any atom is 0.245 e. The predicted molar refractivity (Wildman–Crippen MR) is 386 cm³/mol. The van der Waals surface area contributed by atoms with E-state index in [1.165, 1.54) is 41.3 Å². The highest BCUT2D eigenvalue weighted by Gasteiger charge is 2.41. The number of fused-ring (bicyclic) bond motifs is 3. The molecule has 1 aromatic heterocycles. The van der Waals surface area contributed by atoms with Crippen LogP contribution in [0.5, 0.6) is 5.75 Å². The number of aromatic nitrogens is 1. The second-order valence-electron chi connectivity index (χ2n) is 26.4. The molecule has 2 aliphatic rings. The fourth-order valence-electron chi connectivity index (χ4n) is 12.4. The number of aromatic hydroxyl groups is 1. The monoisotopic (exact) mass is 1430 g/mol. The number of rotatable bonds is 25. The molecule has 32 heteroatoms. The number of aliphatic imine (C=N–C) groups is 2. The number of nitrogens with two attached hydrogens (primary N) is 6. The van der Waals surface area contributed by atoms with Crippen LogP contribution in [0.2, 0.25) is 0 Å². The summed E-state index contributed by atoms with van der Waals surface area (Å²) in [4.78, 5) is 174. The summed E-state index contributed by atoms with van der Waals surface area (Å²) < 4.78 is 14.4. The van der Waals surface area contributed by atoms with E-state index in [-0.39, 0.29) is 107 Å². The minimum Gasteiger partial charge on any atom is -0.508 e. The molecule has 0 spiro atoms. The van der Waals surface area contributed by atoms with E-state index in [2.05, 4.69) is 62.8 Å². The van der Waals surface area contributed by atoms with Gasteiger partial charge in [-0.3, -0.25) is 62.7 Å². The molecular weight excluding hydrogens is 1340 g/mol. The van der Waals surface area contributed by atoms with Crippen LogP contribution >= 0.6 is 0 Å². The highest BCUT2D eigenvalue weighted by atomic mass is 19.1. The molecule has 23 N–H and O–H groups in total. The number of carbonyl (C=O) groups is 11. The Balaban J connectivity index is 1.17. The van der Waals surface area contributed by atoms with Gasteiger partial charge in [0.05, 0.1) is 12.5 Å². The maximum absolute atomic E-state index is 15.5. The molecule has 5 aromatic carbocycles. The van der Waals surface area contributed by atoms with Gasteiger partial charge in [-0.25, -0.2) is 4.39 Å². The summed E-state index contributed by atoms with van der Waals surface area (Å²) >= 11 is 0. The smallest absolute Gasteiger partial charge is 0.245 e. The van der Waals surface area contributed by atoms with Crippen molar-refractivity contribution in [1.29, 1.82) is 0 Å². The first-order valence-electron chi connectivity index (χ1n) is 34.4. The summed E-state index contributed by atoms with van der Waals surface area (Å²) in [5.74, 6) is -12.0. The lowest BCUT2D eigenvalue weighted by atomic mass is 9.99. The van der Waals surface area contributed by atoms with Crippen LogP contribution in [0.15, 0.2) is 131 Å². The highest BCUT2D eigenvalue weighted by Crippen LogP contribution is 2.24. The van der Waals surface area contributed by atoms with Crippen LogP contribution in [-0.4, -0.2) is 178 Å². The average Bonchev–Trinajstić information content (AvgIpc) is 1.66. The molecule has 554 valence electrons. The second-order valence-corrected chi connectivity index (χ2v) is 26.4. The number of para-hydroxylation sites is 1. The fourth-order valence-corrected chi connectivity index (χ4v) is 12.4. The normalized spacial score (nSPS) is 20.4. The van der Waals surface area contributed by atoms with E-state index in [1.54, 1.807) is 44.3 Å². The van der Waals surface area contributed by atoms with Crippen molar-refractivity contribution in [3.8, 4) is 5.75 Å². The molecule has 2 saturated heterocycles. The fraction of sp³-hybridized carbons (Fsp3) is 0.403. The van der Waals surface area contributed by atoms with Gasteiger partial charge in [0.1, 0.15) is 65.9 Å². The number of H-pyrrole nitrogens is 1. The number of halogens is 1. The minimum atomic E-state index is -2.01. The van der Waals surface area contributed by atoms with Crippen molar-refractivity contribution in [2.75, 3.05) is 26.2 Å². The minimum absolute atomic E-state index is 0.00864. The van der Waals surface area contributed by atoms with Gasteiger partial charge in [-0.1, -0.05) is 98.8 Å². The van der Waals surface area contributed by atoms with Crippen molar-refractivity contribution in [3.63, 3.8) is 0 Å². The Bertz CT molecular complexity index is 4130. The van der Waals surface area contributed by atoms with Crippen LogP contribution in [0.1, 0.15) is 87.5 Å². The Morgan fingerprint density at radius 1 is 0.625 bits per heavy atom. The first-order chi connectivity index (χ1) is 49.7. The lowest BCUT2D eigenvalue weighted by molar-refractivity contribution is -0.142. The standard InChI is InChI=1S/C72H92FN19O12/c1-39(2)30-53-64(98)85-52(15-8-28-81-72(78)79)70(104)92-29-9-16-59(92)69(103)91-58(61(75)95)38-83-60(94)36-57(68(102)88-55(34-41-20-25-47(93)26-21-41)65(99)84-51(63(97)87-53)14-7-27-80-71(76)77)90-67(101)56(35-45-37-82-50-13-6-5-12-48(45)50)89-66(100)54(33-40-18-23-46(73)24-19-40)86-62(96)49(74)32-42-17-22-43-10-3-4-11-44(43)31-42/h3-6,10-13,17-26,31,37,39,49,51-59,82,93H,7-9,14-16,27-30,32-36,38,74H2,1-2H3,(H2,75,95)(H,83,94)(H,84,99)(H,85,98)(H,86,96)(H,87,97)(H,88,102)(H,89,100)(H,90,101)(H,91,103)(H4,76,77,80)(H4,78,79,81)/t49-,51-,52+,53+,54-,55+,56-,57+,58+,59+/m1/s1. The molecule has 3 heterocycles. The molecule has 8 rings (SSSR count). The molecule has 0 saturated carbocycles. The Hall–Kier alpha value is -11.7. The van der Waals surface area contributed by atoms with Crippen LogP contribution < -0.4 is 82.3 Å². The number of guanidine groups is 2. The number of nitrogens with one attached hydrogen (secondary N) is 10. The number of hydrogen-bond donors (Lipinski definition) is 17. The van der Waals surface area contributed by atoms with E-state index in [1.807, 2.05) is 42.5 Å².